The first-order chi connectivity index (χ1) is 16.1. The van der Waals surface area contributed by atoms with Gasteiger partial charge in [0.05, 0.1) is 11.9 Å². The first-order valence-corrected chi connectivity index (χ1v) is 11.2. The summed E-state index contributed by atoms with van der Waals surface area (Å²) in [5.74, 6) is 0.424. The van der Waals surface area contributed by atoms with Crippen LogP contribution in [-0.2, 0) is 0 Å². The molecule has 1 aliphatic heterocycles. The van der Waals surface area contributed by atoms with E-state index in [9.17, 15) is 9.18 Å². The Morgan fingerprint density at radius 3 is 2.76 bits per heavy atom. The summed E-state index contributed by atoms with van der Waals surface area (Å²) in [6, 6.07) is 10.7. The van der Waals surface area contributed by atoms with E-state index >= 15 is 0 Å². The van der Waals surface area contributed by atoms with E-state index in [4.69, 9.17) is 0 Å². The molecule has 0 radical (unpaired) electrons. The SMILES string of the molecule is CN(CCCCCC1CC(c2ccc(F)cc2)NN1)C(=O)Nc1ccc(-n2cncn2)nc1. The fourth-order valence-corrected chi connectivity index (χ4v) is 3.88. The van der Waals surface area contributed by atoms with Crippen LogP contribution in [0.1, 0.15) is 43.7 Å². The van der Waals surface area contributed by atoms with E-state index in [1.807, 2.05) is 12.1 Å². The molecule has 0 spiro atoms. The minimum atomic E-state index is -0.211. The van der Waals surface area contributed by atoms with Crippen LogP contribution < -0.4 is 16.2 Å². The van der Waals surface area contributed by atoms with Crippen LogP contribution in [0.3, 0.4) is 0 Å². The molecule has 0 aliphatic carbocycles. The molecule has 3 heterocycles. The van der Waals surface area contributed by atoms with E-state index in [0.29, 0.717) is 24.1 Å². The molecule has 2 atom stereocenters. The number of hydrogen-bond acceptors (Lipinski definition) is 6. The average molecular weight is 453 g/mol. The zero-order chi connectivity index (χ0) is 23.0. The lowest BCUT2D eigenvalue weighted by Crippen LogP contribution is -2.32. The Hall–Kier alpha value is -3.37. The molecule has 33 heavy (non-hydrogen) atoms. The van der Waals surface area contributed by atoms with Crippen molar-refractivity contribution in [3.8, 4) is 5.82 Å². The molecule has 10 heteroatoms. The average Bonchev–Trinajstić information content (AvgIpc) is 3.52. The number of halogens is 1. The number of unbranched alkanes of at least 4 members (excludes halogenated alkanes) is 2. The van der Waals surface area contributed by atoms with Crippen LogP contribution in [0.4, 0.5) is 14.9 Å². The van der Waals surface area contributed by atoms with Crippen LogP contribution in [0.15, 0.2) is 55.2 Å². The zero-order valence-electron chi connectivity index (χ0n) is 18.6. The van der Waals surface area contributed by atoms with Crippen LogP contribution in [0.25, 0.3) is 5.82 Å². The van der Waals surface area contributed by atoms with Gasteiger partial charge in [-0.1, -0.05) is 25.0 Å². The predicted molar refractivity (Wildman–Crippen MR) is 123 cm³/mol. The molecule has 2 unspecified atom stereocenters. The molecule has 1 aliphatic rings. The summed E-state index contributed by atoms with van der Waals surface area (Å²) in [7, 11) is 1.79. The lowest BCUT2D eigenvalue weighted by molar-refractivity contribution is 0.221. The van der Waals surface area contributed by atoms with Gasteiger partial charge >= 0.3 is 6.03 Å². The fourth-order valence-electron chi connectivity index (χ4n) is 3.88. The summed E-state index contributed by atoms with van der Waals surface area (Å²) in [4.78, 5) is 22.3. The number of pyridine rings is 1. The summed E-state index contributed by atoms with van der Waals surface area (Å²) < 4.78 is 14.6. The van der Waals surface area contributed by atoms with Gasteiger partial charge in [0.1, 0.15) is 18.5 Å². The van der Waals surface area contributed by atoms with Gasteiger partial charge in [-0.15, -0.1) is 0 Å². The van der Waals surface area contributed by atoms with E-state index < -0.39 is 0 Å². The van der Waals surface area contributed by atoms with Crippen LogP contribution in [-0.4, -0.2) is 50.3 Å². The Balaban J connectivity index is 1.11. The van der Waals surface area contributed by atoms with Gasteiger partial charge < -0.3 is 10.2 Å². The molecular weight excluding hydrogens is 423 g/mol. The second-order valence-corrected chi connectivity index (χ2v) is 8.27. The van der Waals surface area contributed by atoms with Crippen molar-refractivity contribution in [3.05, 3.63) is 66.6 Å². The third-order valence-corrected chi connectivity index (χ3v) is 5.80. The maximum absolute atomic E-state index is 13.1. The molecule has 0 bridgehead atoms. The van der Waals surface area contributed by atoms with Crippen molar-refractivity contribution in [1.82, 2.24) is 35.5 Å². The maximum atomic E-state index is 13.1. The van der Waals surface area contributed by atoms with Gasteiger partial charge in [0.25, 0.3) is 0 Å². The van der Waals surface area contributed by atoms with Gasteiger partial charge in [0.2, 0.25) is 0 Å². The van der Waals surface area contributed by atoms with Crippen molar-refractivity contribution in [2.75, 3.05) is 18.9 Å². The second-order valence-electron chi connectivity index (χ2n) is 8.27. The number of carbonyl (C=O) groups excluding carboxylic acids is 1. The Morgan fingerprint density at radius 2 is 2.03 bits per heavy atom. The quantitative estimate of drug-likeness (QED) is 0.430. The van der Waals surface area contributed by atoms with E-state index in [2.05, 4.69) is 31.2 Å². The molecule has 4 rings (SSSR count). The number of nitrogens with one attached hydrogen (secondary N) is 3. The number of hydrogen-bond donors (Lipinski definition) is 3. The molecule has 1 saturated heterocycles. The van der Waals surface area contributed by atoms with Crippen molar-refractivity contribution in [2.24, 2.45) is 0 Å². The summed E-state index contributed by atoms with van der Waals surface area (Å²) in [6.45, 7) is 0.685. The number of carbonyl (C=O) groups is 1. The predicted octanol–water partition coefficient (Wildman–Crippen LogP) is 3.43. The van der Waals surface area contributed by atoms with Crippen molar-refractivity contribution in [3.63, 3.8) is 0 Å². The van der Waals surface area contributed by atoms with Gasteiger partial charge in [0.15, 0.2) is 5.82 Å². The van der Waals surface area contributed by atoms with Crippen LogP contribution in [0.2, 0.25) is 0 Å². The molecule has 2 aromatic heterocycles. The van der Waals surface area contributed by atoms with Crippen LogP contribution >= 0.6 is 0 Å². The lowest BCUT2D eigenvalue weighted by atomic mass is 9.99. The standard InChI is InChI=1S/C23H29FN8O/c1-31(23(33)28-20-10-11-22(26-14-20)32-16-25-15-27-32)12-4-2-3-5-19-13-21(30-29-19)17-6-8-18(24)9-7-17/h6-11,14-16,19,21,29-30H,2-5,12-13H2,1H3,(H,28,33). The minimum absolute atomic E-state index is 0.158. The summed E-state index contributed by atoms with van der Waals surface area (Å²) in [5, 5.41) is 6.89. The van der Waals surface area contributed by atoms with Crippen LogP contribution in [0, 0.1) is 5.82 Å². The molecule has 2 amide bonds. The zero-order valence-corrected chi connectivity index (χ0v) is 18.6. The van der Waals surface area contributed by atoms with Crippen molar-refractivity contribution >= 4 is 11.7 Å². The van der Waals surface area contributed by atoms with E-state index in [1.165, 1.54) is 18.5 Å². The topological polar surface area (TPSA) is 100 Å². The minimum Gasteiger partial charge on any atom is -0.328 e. The second kappa shape index (κ2) is 11.0. The first-order valence-electron chi connectivity index (χ1n) is 11.2. The number of anilines is 1. The Kier molecular flexibility index (Phi) is 7.59. The smallest absolute Gasteiger partial charge is 0.321 e. The number of amides is 2. The van der Waals surface area contributed by atoms with Crippen molar-refractivity contribution in [1.29, 1.82) is 0 Å². The van der Waals surface area contributed by atoms with Gasteiger partial charge in [0, 0.05) is 25.7 Å². The van der Waals surface area contributed by atoms with Gasteiger partial charge in [-0.3, -0.25) is 10.9 Å². The summed E-state index contributed by atoms with van der Waals surface area (Å²) >= 11 is 0. The number of hydrazine groups is 1. The van der Waals surface area contributed by atoms with Crippen molar-refractivity contribution < 1.29 is 9.18 Å². The van der Waals surface area contributed by atoms with E-state index in [-0.39, 0.29) is 17.9 Å². The summed E-state index contributed by atoms with van der Waals surface area (Å²) in [6.07, 6.45) is 9.72. The Morgan fingerprint density at radius 1 is 1.18 bits per heavy atom. The molecule has 1 aromatic carbocycles. The Labute approximate surface area is 192 Å². The number of rotatable bonds is 9. The highest BCUT2D eigenvalue weighted by Gasteiger charge is 2.24. The van der Waals surface area contributed by atoms with Gasteiger partial charge in [-0.25, -0.2) is 23.8 Å². The first kappa shape index (κ1) is 22.8. The molecule has 1 fully saturated rings. The van der Waals surface area contributed by atoms with E-state index in [0.717, 1.165) is 37.7 Å². The van der Waals surface area contributed by atoms with Gasteiger partial charge in [-0.2, -0.15) is 5.10 Å². The monoisotopic (exact) mass is 452 g/mol. The fraction of sp³-hybridized carbons (Fsp3) is 0.391. The highest BCUT2D eigenvalue weighted by atomic mass is 19.1. The molecule has 9 nitrogen and oxygen atoms in total. The largest absolute Gasteiger partial charge is 0.328 e. The van der Waals surface area contributed by atoms with Gasteiger partial charge in [-0.05, 0) is 49.1 Å². The molecule has 174 valence electrons. The number of urea groups is 1. The number of aromatic nitrogens is 4. The maximum Gasteiger partial charge on any atom is 0.321 e. The molecule has 3 N–H and O–H groups in total. The normalized spacial score (nSPS) is 17.8. The number of nitrogens with zero attached hydrogens (tertiary/aromatic N) is 5. The molecular formula is C23H29FN8O. The lowest BCUT2D eigenvalue weighted by Gasteiger charge is -2.18. The summed E-state index contributed by atoms with van der Waals surface area (Å²) in [5.41, 5.74) is 8.38. The van der Waals surface area contributed by atoms with Crippen LogP contribution in [0.5, 0.6) is 0 Å². The van der Waals surface area contributed by atoms with E-state index in [1.54, 1.807) is 41.3 Å². The van der Waals surface area contributed by atoms with Crippen molar-refractivity contribution in [2.45, 2.75) is 44.2 Å². The highest BCUT2D eigenvalue weighted by Crippen LogP contribution is 2.24. The molecule has 3 aromatic rings. The molecule has 0 saturated carbocycles. The third-order valence-electron chi connectivity index (χ3n) is 5.80. The Bertz CT molecular complexity index is 1010. The third kappa shape index (κ3) is 6.33. The number of benzene rings is 1. The highest BCUT2D eigenvalue weighted by molar-refractivity contribution is 5.88.